The van der Waals surface area contributed by atoms with Crippen molar-refractivity contribution >= 4 is 102 Å². The minimum Gasteiger partial charge on any atom is -0.310 e. The fourth-order valence-electron chi connectivity index (χ4n) is 9.80. The van der Waals surface area contributed by atoms with E-state index in [2.05, 4.69) is 240 Å². The summed E-state index contributed by atoms with van der Waals surface area (Å²) in [4.78, 5) is 2.51. The monoisotopic (exact) mass is 850 g/mol. The number of hydrogen-bond donors (Lipinski definition) is 0. The van der Waals surface area contributed by atoms with Gasteiger partial charge < -0.3 is 9.47 Å². The number of hydrogen-bond acceptors (Lipinski definition) is 3. The highest BCUT2D eigenvalue weighted by Crippen LogP contribution is 2.50. The number of aromatic nitrogens is 1. The van der Waals surface area contributed by atoms with Crippen LogP contribution >= 0.6 is 22.7 Å². The average Bonchev–Trinajstić information content (AvgIpc) is 4.04. The number of benzene rings is 10. The van der Waals surface area contributed by atoms with Gasteiger partial charge in [0.2, 0.25) is 0 Å². The Morgan fingerprint density at radius 2 is 0.844 bits per heavy atom. The van der Waals surface area contributed by atoms with E-state index in [1.807, 2.05) is 22.7 Å². The number of nitrogens with zero attached hydrogens (tertiary/aromatic N) is 2. The molecule has 4 heteroatoms. The van der Waals surface area contributed by atoms with Crippen LogP contribution in [0.1, 0.15) is 0 Å². The summed E-state index contributed by atoms with van der Waals surface area (Å²) in [7, 11) is 0. The maximum absolute atomic E-state index is 2.51. The lowest BCUT2D eigenvalue weighted by molar-refractivity contribution is 1.18. The number of rotatable bonds is 7. The molecule has 0 amide bonds. The lowest BCUT2D eigenvalue weighted by atomic mass is 9.98. The Morgan fingerprint density at radius 3 is 1.53 bits per heavy atom. The lowest BCUT2D eigenvalue weighted by Crippen LogP contribution is -2.10. The molecule has 3 heterocycles. The standard InChI is InChI=1S/C60H38N2S2/c1-5-15-39(16-6-1)42-25-29-50-51-32-28-46(38-58(51)63-56(50)35-42)61(45-27-31-49-48-23-13-14-24-53(48)62(55(49)37-45)44-21-11-4-12-22-44)54-34-33-47(41-19-9-3-10-20-41)60-59(54)52-30-26-43(36-57(52)64-60)40-17-7-2-8-18-40/h1-38H. The Kier molecular flexibility index (Phi) is 8.61. The molecule has 64 heavy (non-hydrogen) atoms. The van der Waals surface area contributed by atoms with Crippen LogP contribution in [-0.4, -0.2) is 4.57 Å². The van der Waals surface area contributed by atoms with E-state index in [-0.39, 0.29) is 0 Å². The van der Waals surface area contributed by atoms with Crippen molar-refractivity contribution in [2.45, 2.75) is 0 Å². The summed E-state index contributed by atoms with van der Waals surface area (Å²) in [5.41, 5.74) is 14.3. The van der Waals surface area contributed by atoms with Gasteiger partial charge in [-0.1, -0.05) is 170 Å². The molecule has 3 aromatic heterocycles. The summed E-state index contributed by atoms with van der Waals surface area (Å²) in [6, 6.07) is 84.7. The van der Waals surface area contributed by atoms with Crippen LogP contribution in [0.15, 0.2) is 231 Å². The Morgan fingerprint density at radius 1 is 0.328 bits per heavy atom. The van der Waals surface area contributed by atoms with Crippen molar-refractivity contribution < 1.29 is 0 Å². The second-order valence-electron chi connectivity index (χ2n) is 16.5. The van der Waals surface area contributed by atoms with Crippen LogP contribution in [0, 0.1) is 0 Å². The summed E-state index contributed by atoms with van der Waals surface area (Å²) in [5, 5.41) is 7.56. The van der Waals surface area contributed by atoms with E-state index in [0.29, 0.717) is 0 Å². The second kappa shape index (κ2) is 15.0. The van der Waals surface area contributed by atoms with Crippen molar-refractivity contribution in [2.75, 3.05) is 4.90 Å². The second-order valence-corrected chi connectivity index (χ2v) is 18.6. The topological polar surface area (TPSA) is 8.17 Å². The minimum absolute atomic E-state index is 1.10. The van der Waals surface area contributed by atoms with E-state index in [1.54, 1.807) is 0 Å². The molecule has 0 fully saturated rings. The highest BCUT2D eigenvalue weighted by molar-refractivity contribution is 7.26. The van der Waals surface area contributed by atoms with Crippen molar-refractivity contribution in [3.63, 3.8) is 0 Å². The first-order valence-corrected chi connectivity index (χ1v) is 23.4. The molecule has 0 atom stereocenters. The highest BCUT2D eigenvalue weighted by Gasteiger charge is 2.24. The molecule has 0 aliphatic heterocycles. The van der Waals surface area contributed by atoms with Gasteiger partial charge in [0.15, 0.2) is 0 Å². The third-order valence-electron chi connectivity index (χ3n) is 12.8. The van der Waals surface area contributed by atoms with Crippen LogP contribution in [0.3, 0.4) is 0 Å². The Hall–Kier alpha value is -7.76. The van der Waals surface area contributed by atoms with Crippen molar-refractivity contribution in [2.24, 2.45) is 0 Å². The van der Waals surface area contributed by atoms with Crippen LogP contribution in [0.4, 0.5) is 17.1 Å². The van der Waals surface area contributed by atoms with E-state index in [9.17, 15) is 0 Å². The molecule has 2 nitrogen and oxygen atoms in total. The van der Waals surface area contributed by atoms with Gasteiger partial charge in [-0.15, -0.1) is 22.7 Å². The molecule has 0 aliphatic rings. The zero-order valence-corrected chi connectivity index (χ0v) is 36.3. The van der Waals surface area contributed by atoms with Gasteiger partial charge in [0.05, 0.1) is 16.7 Å². The fourth-order valence-corrected chi connectivity index (χ4v) is 12.3. The number of thiophene rings is 2. The van der Waals surface area contributed by atoms with Crippen molar-refractivity contribution in [3.05, 3.63) is 231 Å². The van der Waals surface area contributed by atoms with Gasteiger partial charge in [0.1, 0.15) is 0 Å². The predicted molar refractivity (Wildman–Crippen MR) is 278 cm³/mol. The molecule has 10 aromatic carbocycles. The summed E-state index contributed by atoms with van der Waals surface area (Å²) >= 11 is 3.77. The maximum atomic E-state index is 2.51. The zero-order chi connectivity index (χ0) is 42.1. The minimum atomic E-state index is 1.10. The number of fused-ring (bicyclic) bond motifs is 9. The van der Waals surface area contributed by atoms with Gasteiger partial charge in [0, 0.05) is 68.2 Å². The molecule has 0 bridgehead atoms. The van der Waals surface area contributed by atoms with Gasteiger partial charge in [-0.05, 0) is 94.0 Å². The van der Waals surface area contributed by atoms with E-state index in [0.717, 1.165) is 22.7 Å². The van der Waals surface area contributed by atoms with Gasteiger partial charge in [-0.3, -0.25) is 0 Å². The van der Waals surface area contributed by atoms with Crippen molar-refractivity contribution in [1.82, 2.24) is 4.57 Å². The van der Waals surface area contributed by atoms with Crippen molar-refractivity contribution in [1.29, 1.82) is 0 Å². The fraction of sp³-hybridized carbons (Fsp3) is 0. The first-order valence-electron chi connectivity index (χ1n) is 21.7. The quantitative estimate of drug-likeness (QED) is 0.155. The van der Waals surface area contributed by atoms with Crippen molar-refractivity contribution in [3.8, 4) is 39.1 Å². The van der Waals surface area contributed by atoms with Gasteiger partial charge in [-0.2, -0.15) is 0 Å². The molecule has 0 saturated heterocycles. The lowest BCUT2D eigenvalue weighted by Gasteiger charge is -2.27. The summed E-state index contributed by atoms with van der Waals surface area (Å²) in [6.07, 6.45) is 0. The van der Waals surface area contributed by atoms with Crippen LogP contribution < -0.4 is 4.90 Å². The summed E-state index contributed by atoms with van der Waals surface area (Å²) in [6.45, 7) is 0. The molecule has 0 N–H and O–H groups in total. The molecule has 13 rings (SSSR count). The number of anilines is 3. The third-order valence-corrected chi connectivity index (χ3v) is 15.1. The van der Waals surface area contributed by atoms with Crippen LogP contribution in [0.25, 0.3) is 101 Å². The van der Waals surface area contributed by atoms with E-state index < -0.39 is 0 Å². The smallest absolute Gasteiger partial charge is 0.0561 e. The molecule has 300 valence electrons. The zero-order valence-electron chi connectivity index (χ0n) is 34.7. The van der Waals surface area contributed by atoms with Gasteiger partial charge in [0.25, 0.3) is 0 Å². The predicted octanol–water partition coefficient (Wildman–Crippen LogP) is 18.0. The normalized spacial score (nSPS) is 11.8. The Labute approximate surface area is 378 Å². The van der Waals surface area contributed by atoms with Gasteiger partial charge in [-0.25, -0.2) is 0 Å². The maximum Gasteiger partial charge on any atom is 0.0561 e. The molecule has 13 aromatic rings. The average molecular weight is 851 g/mol. The van der Waals surface area contributed by atoms with Gasteiger partial charge >= 0.3 is 0 Å². The molecule has 0 spiro atoms. The third kappa shape index (κ3) is 5.99. The van der Waals surface area contributed by atoms with E-state index in [1.165, 1.54) is 95.5 Å². The SMILES string of the molecule is c1ccc(-c2ccc3c(c2)sc2cc(N(c4ccc5c6ccccc6n(-c6ccccc6)c5c4)c4ccc(-c5ccccc5)c5sc6cc(-c7ccccc7)ccc6c45)ccc23)cc1. The summed E-state index contributed by atoms with van der Waals surface area (Å²) < 4.78 is 7.54. The van der Waals surface area contributed by atoms with Crippen LogP contribution in [-0.2, 0) is 0 Å². The Balaban J connectivity index is 1.09. The van der Waals surface area contributed by atoms with E-state index >= 15 is 0 Å². The summed E-state index contributed by atoms with van der Waals surface area (Å²) in [5.74, 6) is 0. The first kappa shape index (κ1) is 36.9. The molecule has 0 saturated carbocycles. The van der Waals surface area contributed by atoms with Crippen LogP contribution in [0.5, 0.6) is 0 Å². The molecule has 0 unspecified atom stereocenters. The Bertz CT molecular complexity index is 3880. The highest BCUT2D eigenvalue weighted by atomic mass is 32.1. The van der Waals surface area contributed by atoms with E-state index in [4.69, 9.17) is 0 Å². The molecular formula is C60H38N2S2. The first-order chi connectivity index (χ1) is 31.7. The number of para-hydroxylation sites is 2. The largest absolute Gasteiger partial charge is 0.310 e. The molecule has 0 aliphatic carbocycles. The molecular weight excluding hydrogens is 813 g/mol. The van der Waals surface area contributed by atoms with Crippen LogP contribution in [0.2, 0.25) is 0 Å². The molecule has 0 radical (unpaired) electrons.